The molecule has 7 nitrogen and oxygen atoms in total. The van der Waals surface area contributed by atoms with Crippen molar-refractivity contribution in [3.05, 3.63) is 23.8 Å². The van der Waals surface area contributed by atoms with E-state index >= 15 is 0 Å². The van der Waals surface area contributed by atoms with Crippen molar-refractivity contribution in [1.82, 2.24) is 9.80 Å². The summed E-state index contributed by atoms with van der Waals surface area (Å²) in [5.41, 5.74) is 0.668. The van der Waals surface area contributed by atoms with E-state index in [0.29, 0.717) is 35.9 Å². The standard InChI is InChI=1S/C19H28N2O5/c1-7-21(8-2)19(23)13-20(3)18(22)10-9-14-11-16(25-5)17(26-6)12-15(14)24-4/h9-12H,7-8,13H2,1-6H3/b10-9+. The molecule has 1 aromatic carbocycles. The van der Waals surface area contributed by atoms with E-state index in [4.69, 9.17) is 14.2 Å². The lowest BCUT2D eigenvalue weighted by Crippen LogP contribution is -2.40. The fourth-order valence-corrected chi connectivity index (χ4v) is 2.43. The van der Waals surface area contributed by atoms with Crippen LogP contribution in [0.15, 0.2) is 18.2 Å². The van der Waals surface area contributed by atoms with Crippen molar-refractivity contribution >= 4 is 17.9 Å². The van der Waals surface area contributed by atoms with Gasteiger partial charge in [0, 0.05) is 37.8 Å². The zero-order chi connectivity index (χ0) is 19.7. The third kappa shape index (κ3) is 5.40. The second-order valence-corrected chi connectivity index (χ2v) is 5.54. The maximum Gasteiger partial charge on any atom is 0.246 e. The zero-order valence-corrected chi connectivity index (χ0v) is 16.4. The first-order valence-electron chi connectivity index (χ1n) is 8.42. The van der Waals surface area contributed by atoms with Crippen LogP contribution in [0.2, 0.25) is 0 Å². The molecule has 0 N–H and O–H groups in total. The second kappa shape index (κ2) is 10.3. The van der Waals surface area contributed by atoms with Gasteiger partial charge in [-0.3, -0.25) is 9.59 Å². The maximum atomic E-state index is 12.3. The van der Waals surface area contributed by atoms with Crippen LogP contribution >= 0.6 is 0 Å². The van der Waals surface area contributed by atoms with E-state index in [1.54, 1.807) is 30.2 Å². The summed E-state index contributed by atoms with van der Waals surface area (Å²) < 4.78 is 15.8. The van der Waals surface area contributed by atoms with Crippen molar-refractivity contribution in [3.8, 4) is 17.2 Å². The number of carbonyl (C=O) groups is 2. The van der Waals surface area contributed by atoms with Crippen LogP contribution in [0.3, 0.4) is 0 Å². The lowest BCUT2D eigenvalue weighted by atomic mass is 10.1. The predicted octanol–water partition coefficient (Wildman–Crippen LogP) is 2.05. The molecule has 0 aliphatic carbocycles. The van der Waals surface area contributed by atoms with Gasteiger partial charge < -0.3 is 24.0 Å². The molecule has 0 spiro atoms. The van der Waals surface area contributed by atoms with Crippen LogP contribution in [-0.2, 0) is 9.59 Å². The molecule has 0 fully saturated rings. The van der Waals surface area contributed by atoms with Crippen LogP contribution in [-0.4, -0.2) is 69.6 Å². The summed E-state index contributed by atoms with van der Waals surface area (Å²) in [5.74, 6) is 1.26. The number of hydrogen-bond donors (Lipinski definition) is 0. The molecule has 1 rings (SSSR count). The minimum atomic E-state index is -0.276. The number of rotatable bonds is 9. The van der Waals surface area contributed by atoms with Gasteiger partial charge >= 0.3 is 0 Å². The Morgan fingerprint density at radius 1 is 0.962 bits per heavy atom. The first kappa shape index (κ1) is 21.3. The Hall–Kier alpha value is -2.70. The molecule has 2 amide bonds. The van der Waals surface area contributed by atoms with E-state index < -0.39 is 0 Å². The predicted molar refractivity (Wildman–Crippen MR) is 101 cm³/mol. The zero-order valence-electron chi connectivity index (χ0n) is 16.4. The van der Waals surface area contributed by atoms with Gasteiger partial charge in [-0.25, -0.2) is 0 Å². The van der Waals surface area contributed by atoms with Gasteiger partial charge in [-0.1, -0.05) is 0 Å². The van der Waals surface area contributed by atoms with Crippen LogP contribution in [0.1, 0.15) is 19.4 Å². The molecule has 1 aromatic rings. The van der Waals surface area contributed by atoms with E-state index in [-0.39, 0.29) is 18.4 Å². The van der Waals surface area contributed by atoms with Crippen molar-refractivity contribution in [3.63, 3.8) is 0 Å². The first-order valence-corrected chi connectivity index (χ1v) is 8.42. The SMILES string of the molecule is CCN(CC)C(=O)CN(C)C(=O)/C=C/c1cc(OC)c(OC)cc1OC. The summed E-state index contributed by atoms with van der Waals surface area (Å²) in [6.07, 6.45) is 3.03. The molecule has 0 radical (unpaired) electrons. The molecule has 0 atom stereocenters. The normalized spacial score (nSPS) is 10.5. The highest BCUT2D eigenvalue weighted by Crippen LogP contribution is 2.35. The fraction of sp³-hybridized carbons (Fsp3) is 0.474. The Bertz CT molecular complexity index is 654. The number of nitrogens with zero attached hydrogens (tertiary/aromatic N) is 2. The fourth-order valence-electron chi connectivity index (χ4n) is 2.43. The molecule has 0 unspecified atom stereocenters. The molecular weight excluding hydrogens is 336 g/mol. The van der Waals surface area contributed by atoms with Crippen molar-refractivity contribution in [2.75, 3.05) is 48.0 Å². The average Bonchev–Trinajstić information content (AvgIpc) is 2.65. The van der Waals surface area contributed by atoms with Crippen LogP contribution in [0.25, 0.3) is 6.08 Å². The molecule has 0 aliphatic heterocycles. The highest BCUT2D eigenvalue weighted by Gasteiger charge is 2.15. The molecule has 0 aliphatic rings. The quantitative estimate of drug-likeness (QED) is 0.628. The highest BCUT2D eigenvalue weighted by atomic mass is 16.5. The molecule has 0 saturated heterocycles. The topological polar surface area (TPSA) is 68.3 Å². The van der Waals surface area contributed by atoms with Gasteiger partial charge in [0.1, 0.15) is 5.75 Å². The van der Waals surface area contributed by atoms with E-state index in [2.05, 4.69) is 0 Å². The summed E-state index contributed by atoms with van der Waals surface area (Å²) >= 11 is 0. The van der Waals surface area contributed by atoms with Gasteiger partial charge in [0.05, 0.1) is 27.9 Å². The third-order valence-electron chi connectivity index (χ3n) is 4.01. The number of hydrogen-bond acceptors (Lipinski definition) is 5. The molecule has 0 bridgehead atoms. The summed E-state index contributed by atoms with van der Waals surface area (Å²) in [6, 6.07) is 3.42. The summed E-state index contributed by atoms with van der Waals surface area (Å²) in [5, 5.41) is 0. The number of ether oxygens (including phenoxy) is 3. The van der Waals surface area contributed by atoms with Crippen LogP contribution in [0, 0.1) is 0 Å². The van der Waals surface area contributed by atoms with Gasteiger partial charge in [-0.05, 0) is 26.0 Å². The van der Waals surface area contributed by atoms with Crippen LogP contribution in [0.5, 0.6) is 17.2 Å². The van der Waals surface area contributed by atoms with Gasteiger partial charge in [0.15, 0.2) is 11.5 Å². The summed E-state index contributed by atoms with van der Waals surface area (Å²) in [6.45, 7) is 5.10. The molecular formula is C19H28N2O5. The first-order chi connectivity index (χ1) is 12.4. The van der Waals surface area contributed by atoms with E-state index in [9.17, 15) is 9.59 Å². The molecule has 26 heavy (non-hydrogen) atoms. The maximum absolute atomic E-state index is 12.3. The van der Waals surface area contributed by atoms with Gasteiger partial charge in [-0.15, -0.1) is 0 Å². The van der Waals surface area contributed by atoms with Crippen molar-refractivity contribution in [2.45, 2.75) is 13.8 Å². The lowest BCUT2D eigenvalue weighted by molar-refractivity contribution is -0.136. The minimum absolute atomic E-state index is 0.0356. The Morgan fingerprint density at radius 2 is 1.50 bits per heavy atom. The van der Waals surface area contributed by atoms with Gasteiger partial charge in [0.25, 0.3) is 0 Å². The molecule has 0 saturated carbocycles. The largest absolute Gasteiger partial charge is 0.496 e. The highest BCUT2D eigenvalue weighted by molar-refractivity contribution is 5.94. The second-order valence-electron chi connectivity index (χ2n) is 5.54. The van der Waals surface area contributed by atoms with Crippen LogP contribution < -0.4 is 14.2 Å². The van der Waals surface area contributed by atoms with Crippen molar-refractivity contribution < 1.29 is 23.8 Å². The summed E-state index contributed by atoms with van der Waals surface area (Å²) in [7, 11) is 6.21. The Balaban J connectivity index is 2.92. The third-order valence-corrected chi connectivity index (χ3v) is 4.01. The Kier molecular flexibility index (Phi) is 8.48. The Labute approximate surface area is 155 Å². The summed E-state index contributed by atoms with van der Waals surface area (Å²) in [4.78, 5) is 27.5. The van der Waals surface area contributed by atoms with Gasteiger partial charge in [0.2, 0.25) is 11.8 Å². The lowest BCUT2D eigenvalue weighted by Gasteiger charge is -2.22. The number of likely N-dealkylation sites (N-methyl/N-ethyl adjacent to an activating group) is 2. The molecule has 144 valence electrons. The van der Waals surface area contributed by atoms with Gasteiger partial charge in [-0.2, -0.15) is 0 Å². The molecule has 0 heterocycles. The monoisotopic (exact) mass is 364 g/mol. The number of carbonyl (C=O) groups excluding carboxylic acids is 2. The smallest absolute Gasteiger partial charge is 0.246 e. The van der Waals surface area contributed by atoms with E-state index in [1.165, 1.54) is 32.3 Å². The minimum Gasteiger partial charge on any atom is -0.496 e. The van der Waals surface area contributed by atoms with Crippen LogP contribution in [0.4, 0.5) is 0 Å². The molecule has 7 heteroatoms. The average molecular weight is 364 g/mol. The molecule has 0 aromatic heterocycles. The number of benzene rings is 1. The van der Waals surface area contributed by atoms with Crippen molar-refractivity contribution in [1.29, 1.82) is 0 Å². The van der Waals surface area contributed by atoms with E-state index in [1.807, 2.05) is 13.8 Å². The van der Waals surface area contributed by atoms with Crippen molar-refractivity contribution in [2.24, 2.45) is 0 Å². The Morgan fingerprint density at radius 3 is 2.00 bits per heavy atom. The number of methoxy groups -OCH3 is 3. The van der Waals surface area contributed by atoms with E-state index in [0.717, 1.165) is 0 Å². The number of amides is 2.